The number of aromatic carboxylic acids is 1. The maximum Gasteiger partial charge on any atom is 1.00 e. The number of aliphatic carboxylic acids is 1. The van der Waals surface area contributed by atoms with Crippen LogP contribution in [-0.2, 0) is 16.0 Å². The zero-order chi connectivity index (χ0) is 23.9. The Morgan fingerprint density at radius 2 is 1.75 bits per heavy atom. The zero-order valence-corrected chi connectivity index (χ0v) is 20.3. The normalized spacial score (nSPS) is 15.7. The molecule has 0 aliphatic heterocycles. The first kappa shape index (κ1) is 30.3. The SMILES string of the molecule is CC(C)CC(NC(=O)C(O)C(O)C(N)CC(=O)O)C(O)Cc1cccc(O)c1C(=O)[O-].[Na+]. The molecule has 11 nitrogen and oxygen atoms in total. The summed E-state index contributed by atoms with van der Waals surface area (Å²) in [7, 11) is 0. The first-order valence-electron chi connectivity index (χ1n) is 9.69. The van der Waals surface area contributed by atoms with Gasteiger partial charge < -0.3 is 46.5 Å². The predicted molar refractivity (Wildman–Crippen MR) is 106 cm³/mol. The molecule has 0 saturated carbocycles. The summed E-state index contributed by atoms with van der Waals surface area (Å²) in [5.74, 6) is -4.58. The molecule has 0 bridgehead atoms. The number of amides is 1. The largest absolute Gasteiger partial charge is 1.00 e. The fraction of sp³-hybridized carbons (Fsp3) is 0.550. The number of carbonyl (C=O) groups excluding carboxylic acids is 2. The van der Waals surface area contributed by atoms with Crippen molar-refractivity contribution in [2.45, 2.75) is 63.5 Å². The summed E-state index contributed by atoms with van der Waals surface area (Å²) in [6.45, 7) is 3.61. The third-order valence-corrected chi connectivity index (χ3v) is 4.72. The number of carboxylic acids is 2. The molecule has 5 atom stereocenters. The predicted octanol–water partition coefficient (Wildman–Crippen LogP) is -5.28. The molecule has 0 radical (unpaired) electrons. The Morgan fingerprint density at radius 3 is 2.25 bits per heavy atom. The van der Waals surface area contributed by atoms with Crippen molar-refractivity contribution in [3.63, 3.8) is 0 Å². The van der Waals surface area contributed by atoms with E-state index < -0.39 is 66.0 Å². The van der Waals surface area contributed by atoms with Crippen molar-refractivity contribution in [3.8, 4) is 5.75 Å². The molecule has 12 heteroatoms. The van der Waals surface area contributed by atoms with Crippen molar-refractivity contribution in [2.24, 2.45) is 11.7 Å². The summed E-state index contributed by atoms with van der Waals surface area (Å²) in [6.07, 6.45) is -5.92. The van der Waals surface area contributed by atoms with Gasteiger partial charge in [0.1, 0.15) is 11.9 Å². The second-order valence-corrected chi connectivity index (χ2v) is 7.81. The van der Waals surface area contributed by atoms with E-state index in [2.05, 4.69) is 5.32 Å². The number of hydrogen-bond donors (Lipinski definition) is 7. The van der Waals surface area contributed by atoms with Gasteiger partial charge in [0.25, 0.3) is 5.91 Å². The van der Waals surface area contributed by atoms with Gasteiger partial charge in [-0.25, -0.2) is 0 Å². The fourth-order valence-corrected chi connectivity index (χ4v) is 3.16. The smallest absolute Gasteiger partial charge is 0.545 e. The van der Waals surface area contributed by atoms with Gasteiger partial charge in [-0.2, -0.15) is 0 Å². The summed E-state index contributed by atoms with van der Waals surface area (Å²) in [5, 5.41) is 62.8. The van der Waals surface area contributed by atoms with Crippen LogP contribution in [0.2, 0.25) is 0 Å². The van der Waals surface area contributed by atoms with Gasteiger partial charge in [0.2, 0.25) is 0 Å². The number of nitrogens with one attached hydrogen (secondary N) is 1. The van der Waals surface area contributed by atoms with Crippen LogP contribution in [0.25, 0.3) is 0 Å². The van der Waals surface area contributed by atoms with E-state index in [1.807, 2.05) is 0 Å². The molecule has 0 fully saturated rings. The molecule has 0 aromatic heterocycles. The Kier molecular flexibility index (Phi) is 13.0. The van der Waals surface area contributed by atoms with E-state index in [0.29, 0.717) is 0 Å². The van der Waals surface area contributed by atoms with Gasteiger partial charge in [0, 0.05) is 18.0 Å². The van der Waals surface area contributed by atoms with Gasteiger partial charge in [-0.15, -0.1) is 0 Å². The minimum atomic E-state index is -2.05. The summed E-state index contributed by atoms with van der Waals surface area (Å²) >= 11 is 0. The Balaban J connectivity index is 0.00000961. The average Bonchev–Trinajstić information content (AvgIpc) is 2.64. The minimum absolute atomic E-state index is 0. The molecule has 32 heavy (non-hydrogen) atoms. The number of aliphatic hydroxyl groups is 3. The maximum absolute atomic E-state index is 12.4. The van der Waals surface area contributed by atoms with Crippen molar-refractivity contribution >= 4 is 17.8 Å². The number of phenols is 1. The molecular weight excluding hydrogens is 435 g/mol. The summed E-state index contributed by atoms with van der Waals surface area (Å²) in [6, 6.07) is 1.58. The van der Waals surface area contributed by atoms with Crippen LogP contribution in [0.1, 0.15) is 42.6 Å². The van der Waals surface area contributed by atoms with Crippen LogP contribution in [0, 0.1) is 5.92 Å². The zero-order valence-electron chi connectivity index (χ0n) is 18.3. The molecule has 174 valence electrons. The molecule has 8 N–H and O–H groups in total. The molecular formula is C20H29N2NaO9. The molecule has 0 heterocycles. The Morgan fingerprint density at radius 1 is 1.16 bits per heavy atom. The molecule has 0 aliphatic carbocycles. The molecule has 0 saturated heterocycles. The first-order chi connectivity index (χ1) is 14.3. The third-order valence-electron chi connectivity index (χ3n) is 4.72. The minimum Gasteiger partial charge on any atom is -0.545 e. The number of benzene rings is 1. The van der Waals surface area contributed by atoms with Crippen LogP contribution in [0.5, 0.6) is 5.75 Å². The van der Waals surface area contributed by atoms with Crippen LogP contribution in [0.4, 0.5) is 0 Å². The van der Waals surface area contributed by atoms with E-state index in [9.17, 15) is 39.9 Å². The van der Waals surface area contributed by atoms with Crippen LogP contribution in [0.15, 0.2) is 18.2 Å². The van der Waals surface area contributed by atoms with Crippen molar-refractivity contribution < 1.29 is 74.6 Å². The fourth-order valence-electron chi connectivity index (χ4n) is 3.16. The monoisotopic (exact) mass is 464 g/mol. The van der Waals surface area contributed by atoms with Crippen LogP contribution >= 0.6 is 0 Å². The first-order valence-corrected chi connectivity index (χ1v) is 9.69. The number of carbonyl (C=O) groups is 3. The number of nitrogens with two attached hydrogens (primary N) is 1. The standard InChI is InChI=1S/C20H30N2O9.Na/c1-9(2)6-12(22-19(29)18(28)17(27)11(21)8-15(25)26)14(24)7-10-4-3-5-13(23)16(10)20(30)31;/h3-5,9,11-12,14,17-18,23-24,27-28H,6-8,21H2,1-2H3,(H,22,29)(H,25,26)(H,30,31);/q;+1/p-1. The Labute approximate surface area is 207 Å². The van der Waals surface area contributed by atoms with E-state index in [-0.39, 0.29) is 53.9 Å². The van der Waals surface area contributed by atoms with Gasteiger partial charge in [-0.05, 0) is 24.0 Å². The maximum atomic E-state index is 12.4. The van der Waals surface area contributed by atoms with Crippen molar-refractivity contribution in [3.05, 3.63) is 29.3 Å². The molecule has 1 aromatic rings. The summed E-state index contributed by atoms with van der Waals surface area (Å²) in [5.41, 5.74) is 5.09. The topological polar surface area (TPSA) is 213 Å². The van der Waals surface area contributed by atoms with Gasteiger partial charge in [-0.3, -0.25) is 9.59 Å². The molecule has 1 aromatic carbocycles. The van der Waals surface area contributed by atoms with Gasteiger partial charge in [0.05, 0.1) is 24.5 Å². The molecule has 0 spiro atoms. The summed E-state index contributed by atoms with van der Waals surface area (Å²) < 4.78 is 0. The average molecular weight is 464 g/mol. The Hall–Kier alpha value is -1.73. The Bertz CT molecular complexity index is 790. The number of rotatable bonds is 12. The van der Waals surface area contributed by atoms with E-state index >= 15 is 0 Å². The van der Waals surface area contributed by atoms with Gasteiger partial charge >= 0.3 is 35.5 Å². The molecule has 5 unspecified atom stereocenters. The third kappa shape index (κ3) is 9.02. The van der Waals surface area contributed by atoms with Crippen molar-refractivity contribution in [1.82, 2.24) is 5.32 Å². The van der Waals surface area contributed by atoms with Crippen LogP contribution in [0.3, 0.4) is 0 Å². The van der Waals surface area contributed by atoms with E-state index in [1.54, 1.807) is 13.8 Å². The quantitative estimate of drug-likeness (QED) is 0.146. The van der Waals surface area contributed by atoms with Crippen molar-refractivity contribution in [2.75, 3.05) is 0 Å². The van der Waals surface area contributed by atoms with Gasteiger partial charge in [-0.1, -0.05) is 26.0 Å². The number of hydrogen-bond acceptors (Lipinski definition) is 9. The number of carboxylic acid groups (broad SMARTS) is 2. The molecule has 1 rings (SSSR count). The van der Waals surface area contributed by atoms with E-state index in [1.165, 1.54) is 12.1 Å². The van der Waals surface area contributed by atoms with Crippen molar-refractivity contribution in [1.29, 1.82) is 0 Å². The van der Waals surface area contributed by atoms with Crippen LogP contribution < -0.4 is 45.7 Å². The molecule has 1 amide bonds. The van der Waals surface area contributed by atoms with E-state index in [4.69, 9.17) is 10.8 Å². The van der Waals surface area contributed by atoms with Crippen LogP contribution in [-0.4, -0.2) is 73.8 Å². The second-order valence-electron chi connectivity index (χ2n) is 7.81. The number of aliphatic hydroxyl groups excluding tert-OH is 3. The molecule has 0 aliphatic rings. The van der Waals surface area contributed by atoms with Gasteiger partial charge in [0.15, 0.2) is 6.10 Å². The number of aromatic hydroxyl groups is 1. The second kappa shape index (κ2) is 13.7. The summed E-state index contributed by atoms with van der Waals surface area (Å²) in [4.78, 5) is 34.4. The van der Waals surface area contributed by atoms with E-state index in [0.717, 1.165) is 6.07 Å².